The van der Waals surface area contributed by atoms with E-state index in [4.69, 9.17) is 4.89 Å². The van der Waals surface area contributed by atoms with Crippen LogP contribution in [0.15, 0.2) is 24.4 Å². The summed E-state index contributed by atoms with van der Waals surface area (Å²) < 4.78 is 0. The fourth-order valence-electron chi connectivity index (χ4n) is 1.54. The van der Waals surface area contributed by atoms with Crippen LogP contribution in [0.5, 0.6) is 0 Å². The molecule has 0 amide bonds. The lowest BCUT2D eigenvalue weighted by Crippen LogP contribution is -1.90. The molecule has 0 saturated heterocycles. The zero-order chi connectivity index (χ0) is 9.97. The molecule has 0 unspecified atom stereocenters. The van der Waals surface area contributed by atoms with Gasteiger partial charge in [0.2, 0.25) is 0 Å². The average molecular weight is 191 g/mol. The quantitative estimate of drug-likeness (QED) is 0.597. The van der Waals surface area contributed by atoms with E-state index in [2.05, 4.69) is 28.9 Å². The van der Waals surface area contributed by atoms with Gasteiger partial charge in [-0.2, -0.15) is 0 Å². The Morgan fingerprint density at radius 3 is 3.00 bits per heavy atom. The molecule has 2 aromatic rings. The van der Waals surface area contributed by atoms with Crippen molar-refractivity contribution in [2.75, 3.05) is 7.11 Å². The number of fused-ring (bicyclic) bond motifs is 1. The predicted octanol–water partition coefficient (Wildman–Crippen LogP) is 2.55. The van der Waals surface area contributed by atoms with Crippen molar-refractivity contribution in [3.63, 3.8) is 0 Å². The van der Waals surface area contributed by atoms with Crippen LogP contribution in [0.3, 0.4) is 0 Å². The van der Waals surface area contributed by atoms with Gasteiger partial charge in [0, 0.05) is 17.1 Å². The number of hydrogen-bond donors (Lipinski definition) is 1. The first-order valence-electron chi connectivity index (χ1n) is 4.53. The standard InChI is InChI=1S/C11H13NO2/c1-8-6-12-11-5-9(7-14-13-2)3-4-10(8)11/h3-6,12H,7H2,1-2H3. The molecule has 0 aliphatic heterocycles. The van der Waals surface area contributed by atoms with Crippen molar-refractivity contribution in [3.8, 4) is 0 Å². The Morgan fingerprint density at radius 2 is 2.21 bits per heavy atom. The second-order valence-corrected chi connectivity index (χ2v) is 3.28. The van der Waals surface area contributed by atoms with E-state index in [-0.39, 0.29) is 0 Å². The van der Waals surface area contributed by atoms with Crippen LogP contribution in [0, 0.1) is 6.92 Å². The normalized spacial score (nSPS) is 11.0. The molecule has 2 rings (SSSR count). The Hall–Kier alpha value is -1.32. The molecule has 3 nitrogen and oxygen atoms in total. The predicted molar refractivity (Wildman–Crippen MR) is 54.8 cm³/mol. The number of aryl methyl sites for hydroxylation is 1. The third-order valence-corrected chi connectivity index (χ3v) is 2.30. The topological polar surface area (TPSA) is 34.2 Å². The van der Waals surface area contributed by atoms with Crippen LogP contribution in [0.2, 0.25) is 0 Å². The molecule has 14 heavy (non-hydrogen) atoms. The van der Waals surface area contributed by atoms with Crippen molar-refractivity contribution in [2.45, 2.75) is 13.5 Å². The molecular weight excluding hydrogens is 178 g/mol. The number of rotatable bonds is 3. The van der Waals surface area contributed by atoms with E-state index in [1.807, 2.05) is 12.3 Å². The largest absolute Gasteiger partial charge is 0.361 e. The van der Waals surface area contributed by atoms with Crippen LogP contribution >= 0.6 is 0 Å². The second-order valence-electron chi connectivity index (χ2n) is 3.28. The minimum Gasteiger partial charge on any atom is -0.361 e. The number of H-pyrrole nitrogens is 1. The summed E-state index contributed by atoms with van der Waals surface area (Å²) in [5.74, 6) is 0. The lowest BCUT2D eigenvalue weighted by atomic mass is 10.1. The summed E-state index contributed by atoms with van der Waals surface area (Å²) in [7, 11) is 1.51. The molecule has 0 saturated carbocycles. The van der Waals surface area contributed by atoms with Crippen molar-refractivity contribution >= 4 is 10.9 Å². The molecule has 0 fully saturated rings. The van der Waals surface area contributed by atoms with Crippen molar-refractivity contribution in [1.82, 2.24) is 4.98 Å². The third-order valence-electron chi connectivity index (χ3n) is 2.30. The molecule has 1 heterocycles. The minimum atomic E-state index is 0.477. The van der Waals surface area contributed by atoms with Crippen LogP contribution < -0.4 is 0 Å². The van der Waals surface area contributed by atoms with Gasteiger partial charge < -0.3 is 4.98 Å². The van der Waals surface area contributed by atoms with E-state index in [1.165, 1.54) is 18.1 Å². The maximum atomic E-state index is 4.86. The summed E-state index contributed by atoms with van der Waals surface area (Å²) in [6.07, 6.45) is 2.01. The summed E-state index contributed by atoms with van der Waals surface area (Å²) in [6.45, 7) is 2.56. The molecule has 0 bridgehead atoms. The summed E-state index contributed by atoms with van der Waals surface area (Å²) in [5.41, 5.74) is 3.50. The van der Waals surface area contributed by atoms with Gasteiger partial charge in [-0.05, 0) is 24.1 Å². The van der Waals surface area contributed by atoms with Gasteiger partial charge in [-0.25, -0.2) is 9.78 Å². The Morgan fingerprint density at radius 1 is 1.36 bits per heavy atom. The third kappa shape index (κ3) is 1.64. The van der Waals surface area contributed by atoms with Gasteiger partial charge >= 0.3 is 0 Å². The molecule has 1 aromatic heterocycles. The highest BCUT2D eigenvalue weighted by molar-refractivity contribution is 5.83. The molecule has 1 aromatic carbocycles. The van der Waals surface area contributed by atoms with Gasteiger partial charge in [0.25, 0.3) is 0 Å². The van der Waals surface area contributed by atoms with E-state index < -0.39 is 0 Å². The Bertz CT molecular complexity index is 434. The molecule has 0 aliphatic rings. The Kier molecular flexibility index (Phi) is 2.52. The number of nitrogens with one attached hydrogen (secondary N) is 1. The number of benzene rings is 1. The lowest BCUT2D eigenvalue weighted by molar-refractivity contribution is -0.282. The first kappa shape index (κ1) is 9.24. The van der Waals surface area contributed by atoms with Gasteiger partial charge in [0.1, 0.15) is 6.61 Å². The monoisotopic (exact) mass is 191 g/mol. The molecule has 0 radical (unpaired) electrons. The smallest absolute Gasteiger partial charge is 0.107 e. The van der Waals surface area contributed by atoms with Crippen LogP contribution in [0.1, 0.15) is 11.1 Å². The maximum Gasteiger partial charge on any atom is 0.107 e. The van der Waals surface area contributed by atoms with Crippen molar-refractivity contribution in [2.24, 2.45) is 0 Å². The minimum absolute atomic E-state index is 0.477. The molecule has 0 atom stereocenters. The molecule has 1 N–H and O–H groups in total. The highest BCUT2D eigenvalue weighted by atomic mass is 17.2. The second kappa shape index (κ2) is 3.82. The van der Waals surface area contributed by atoms with E-state index in [9.17, 15) is 0 Å². The van der Waals surface area contributed by atoms with Crippen molar-refractivity contribution in [1.29, 1.82) is 0 Å². The van der Waals surface area contributed by atoms with E-state index in [1.54, 1.807) is 0 Å². The molecule has 0 spiro atoms. The number of hydrogen-bond acceptors (Lipinski definition) is 2. The number of aromatic nitrogens is 1. The van der Waals surface area contributed by atoms with Crippen LogP contribution in [0.25, 0.3) is 10.9 Å². The number of aromatic amines is 1. The van der Waals surface area contributed by atoms with E-state index >= 15 is 0 Å². The first-order valence-corrected chi connectivity index (χ1v) is 4.53. The molecule has 0 aliphatic carbocycles. The summed E-state index contributed by atoms with van der Waals surface area (Å²) in [6, 6.07) is 6.21. The average Bonchev–Trinajstić information content (AvgIpc) is 2.57. The van der Waals surface area contributed by atoms with Crippen molar-refractivity contribution < 1.29 is 9.78 Å². The molecular formula is C11H13NO2. The van der Waals surface area contributed by atoms with Crippen LogP contribution in [0.4, 0.5) is 0 Å². The zero-order valence-corrected chi connectivity index (χ0v) is 8.33. The van der Waals surface area contributed by atoms with Crippen molar-refractivity contribution in [3.05, 3.63) is 35.5 Å². The summed E-state index contributed by atoms with van der Waals surface area (Å²) in [4.78, 5) is 12.6. The summed E-state index contributed by atoms with van der Waals surface area (Å²) >= 11 is 0. The van der Waals surface area contributed by atoms with E-state index in [0.29, 0.717) is 6.61 Å². The van der Waals surface area contributed by atoms with E-state index in [0.717, 1.165) is 11.1 Å². The molecule has 74 valence electrons. The Labute approximate surface area is 82.6 Å². The van der Waals surface area contributed by atoms with Crippen LogP contribution in [-0.2, 0) is 16.4 Å². The van der Waals surface area contributed by atoms with Gasteiger partial charge in [0.05, 0.1) is 7.11 Å². The fraction of sp³-hybridized carbons (Fsp3) is 0.273. The van der Waals surface area contributed by atoms with Crippen LogP contribution in [-0.4, -0.2) is 12.1 Å². The molecule has 3 heteroatoms. The van der Waals surface area contributed by atoms with Gasteiger partial charge in [0.15, 0.2) is 0 Å². The van der Waals surface area contributed by atoms with Gasteiger partial charge in [-0.15, -0.1) is 0 Å². The summed E-state index contributed by atoms with van der Waals surface area (Å²) in [5, 5.41) is 1.26. The maximum absolute atomic E-state index is 4.86. The SMILES string of the molecule is COOCc1ccc2c(C)c[nH]c2c1. The zero-order valence-electron chi connectivity index (χ0n) is 8.33. The highest BCUT2D eigenvalue weighted by Crippen LogP contribution is 2.18. The fourth-order valence-corrected chi connectivity index (χ4v) is 1.54. The van der Waals surface area contributed by atoms with Gasteiger partial charge in [-0.1, -0.05) is 12.1 Å². The highest BCUT2D eigenvalue weighted by Gasteiger charge is 2.00. The first-order chi connectivity index (χ1) is 6.81. The Balaban J connectivity index is 2.32. The van der Waals surface area contributed by atoms with Gasteiger partial charge in [-0.3, -0.25) is 0 Å². The lowest BCUT2D eigenvalue weighted by Gasteiger charge is -2.00.